The number of rotatable bonds is 2. The molecule has 1 aliphatic heterocycles. The Labute approximate surface area is 112 Å². The van der Waals surface area contributed by atoms with Crippen LogP contribution in [0.5, 0.6) is 0 Å². The van der Waals surface area contributed by atoms with E-state index in [0.29, 0.717) is 23.2 Å². The van der Waals surface area contributed by atoms with E-state index in [1.807, 2.05) is 19.1 Å². The standard InChI is InChI=1S/C13H17ClN2O2/c1-9-6-7-16(12(9)8-17)13(18)15-11-5-3-2-4-10(11)14/h2-5,9,12,17H,6-8H2,1H3,(H,15,18). The predicted octanol–water partition coefficient (Wildman–Crippen LogP) is 2.57. The second kappa shape index (κ2) is 5.59. The molecule has 1 aliphatic rings. The molecule has 1 fully saturated rings. The average Bonchev–Trinajstić information content (AvgIpc) is 2.73. The van der Waals surface area contributed by atoms with Crippen LogP contribution in [0.15, 0.2) is 24.3 Å². The lowest BCUT2D eigenvalue weighted by Crippen LogP contribution is -2.42. The van der Waals surface area contributed by atoms with Crippen molar-refractivity contribution in [2.24, 2.45) is 5.92 Å². The zero-order chi connectivity index (χ0) is 13.1. The van der Waals surface area contributed by atoms with Gasteiger partial charge in [0.2, 0.25) is 0 Å². The number of nitrogens with zero attached hydrogens (tertiary/aromatic N) is 1. The zero-order valence-corrected chi connectivity index (χ0v) is 11.0. The molecule has 18 heavy (non-hydrogen) atoms. The third-order valence-corrected chi connectivity index (χ3v) is 3.78. The summed E-state index contributed by atoms with van der Waals surface area (Å²) in [7, 11) is 0. The second-order valence-corrected chi connectivity index (χ2v) is 5.03. The molecule has 2 unspecified atom stereocenters. The quantitative estimate of drug-likeness (QED) is 0.866. The van der Waals surface area contributed by atoms with Crippen molar-refractivity contribution < 1.29 is 9.90 Å². The number of hydrogen-bond donors (Lipinski definition) is 2. The summed E-state index contributed by atoms with van der Waals surface area (Å²) in [4.78, 5) is 13.8. The van der Waals surface area contributed by atoms with Gasteiger partial charge in [-0.1, -0.05) is 30.7 Å². The van der Waals surface area contributed by atoms with Gasteiger partial charge >= 0.3 is 6.03 Å². The van der Waals surface area contributed by atoms with E-state index in [2.05, 4.69) is 5.32 Å². The van der Waals surface area contributed by atoms with E-state index in [0.717, 1.165) is 6.42 Å². The summed E-state index contributed by atoms with van der Waals surface area (Å²) in [5.41, 5.74) is 0.598. The average molecular weight is 269 g/mol. The fraction of sp³-hybridized carbons (Fsp3) is 0.462. The number of carbonyl (C=O) groups excluding carboxylic acids is 1. The maximum atomic E-state index is 12.1. The number of halogens is 1. The molecule has 0 spiro atoms. The van der Waals surface area contributed by atoms with Crippen LogP contribution in [0.25, 0.3) is 0 Å². The van der Waals surface area contributed by atoms with Crippen molar-refractivity contribution in [3.05, 3.63) is 29.3 Å². The molecule has 1 saturated heterocycles. The lowest BCUT2D eigenvalue weighted by Gasteiger charge is -2.25. The summed E-state index contributed by atoms with van der Waals surface area (Å²) >= 11 is 5.99. The minimum Gasteiger partial charge on any atom is -0.394 e. The molecule has 1 aromatic rings. The van der Waals surface area contributed by atoms with Crippen molar-refractivity contribution in [1.82, 2.24) is 4.90 Å². The van der Waals surface area contributed by atoms with Gasteiger partial charge in [-0.05, 0) is 24.5 Å². The maximum Gasteiger partial charge on any atom is 0.322 e. The van der Waals surface area contributed by atoms with Crippen molar-refractivity contribution in [1.29, 1.82) is 0 Å². The van der Waals surface area contributed by atoms with Gasteiger partial charge in [0, 0.05) is 6.54 Å². The fourth-order valence-corrected chi connectivity index (χ4v) is 2.47. The number of para-hydroxylation sites is 1. The van der Waals surface area contributed by atoms with Crippen LogP contribution < -0.4 is 5.32 Å². The first kappa shape index (κ1) is 13.2. The number of nitrogens with one attached hydrogen (secondary N) is 1. The Morgan fingerprint density at radius 3 is 2.94 bits per heavy atom. The van der Waals surface area contributed by atoms with E-state index in [1.165, 1.54) is 0 Å². The van der Waals surface area contributed by atoms with Crippen molar-refractivity contribution in [3.8, 4) is 0 Å². The SMILES string of the molecule is CC1CCN(C(=O)Nc2ccccc2Cl)C1CO. The molecular weight excluding hydrogens is 252 g/mol. The number of carbonyl (C=O) groups is 1. The van der Waals surface area contributed by atoms with Gasteiger partial charge in [-0.15, -0.1) is 0 Å². The van der Waals surface area contributed by atoms with Crippen LogP contribution in [-0.4, -0.2) is 35.2 Å². The third-order valence-electron chi connectivity index (χ3n) is 3.45. The highest BCUT2D eigenvalue weighted by atomic mass is 35.5. The van der Waals surface area contributed by atoms with E-state index < -0.39 is 0 Å². The van der Waals surface area contributed by atoms with Crippen LogP contribution in [0, 0.1) is 5.92 Å². The maximum absolute atomic E-state index is 12.1. The Kier molecular flexibility index (Phi) is 4.09. The number of amides is 2. The first-order valence-corrected chi connectivity index (χ1v) is 6.44. The Bertz CT molecular complexity index is 439. The second-order valence-electron chi connectivity index (χ2n) is 4.62. The molecule has 98 valence electrons. The summed E-state index contributed by atoms with van der Waals surface area (Å²) < 4.78 is 0. The highest BCUT2D eigenvalue weighted by molar-refractivity contribution is 6.33. The lowest BCUT2D eigenvalue weighted by atomic mass is 10.0. The number of aliphatic hydroxyl groups excluding tert-OH is 1. The molecule has 0 saturated carbocycles. The molecule has 0 aromatic heterocycles. The van der Waals surface area contributed by atoms with Gasteiger partial charge in [0.05, 0.1) is 23.4 Å². The summed E-state index contributed by atoms with van der Waals surface area (Å²) in [6, 6.07) is 6.81. The Morgan fingerprint density at radius 1 is 1.56 bits per heavy atom. The molecule has 2 N–H and O–H groups in total. The molecule has 5 heteroatoms. The van der Waals surface area contributed by atoms with Crippen molar-refractivity contribution in [3.63, 3.8) is 0 Å². The minimum absolute atomic E-state index is 0.00287. The van der Waals surface area contributed by atoms with Crippen LogP contribution in [-0.2, 0) is 0 Å². The number of aliphatic hydroxyl groups is 1. The molecular formula is C13H17ClN2O2. The van der Waals surface area contributed by atoms with E-state index in [1.54, 1.807) is 17.0 Å². The lowest BCUT2D eigenvalue weighted by molar-refractivity contribution is 0.152. The Hall–Kier alpha value is -1.26. The number of likely N-dealkylation sites (tertiary alicyclic amines) is 1. The largest absolute Gasteiger partial charge is 0.394 e. The molecule has 0 radical (unpaired) electrons. The van der Waals surface area contributed by atoms with Gasteiger partial charge in [0.25, 0.3) is 0 Å². The molecule has 2 atom stereocenters. The molecule has 2 rings (SSSR count). The minimum atomic E-state index is -0.202. The smallest absolute Gasteiger partial charge is 0.322 e. The molecule has 0 aliphatic carbocycles. The summed E-state index contributed by atoms with van der Waals surface area (Å²) in [5.74, 6) is 0.326. The van der Waals surface area contributed by atoms with Crippen LogP contribution in [0.3, 0.4) is 0 Å². The number of urea groups is 1. The number of hydrogen-bond acceptors (Lipinski definition) is 2. The van der Waals surface area contributed by atoms with Crippen LogP contribution >= 0.6 is 11.6 Å². The molecule has 1 aromatic carbocycles. The first-order valence-electron chi connectivity index (χ1n) is 6.06. The van der Waals surface area contributed by atoms with Gasteiger partial charge in [-0.3, -0.25) is 0 Å². The highest BCUT2D eigenvalue weighted by Crippen LogP contribution is 2.26. The van der Waals surface area contributed by atoms with Crippen LogP contribution in [0.1, 0.15) is 13.3 Å². The van der Waals surface area contributed by atoms with Gasteiger partial charge < -0.3 is 15.3 Å². The van der Waals surface area contributed by atoms with E-state index in [4.69, 9.17) is 11.6 Å². The Balaban J connectivity index is 2.07. The van der Waals surface area contributed by atoms with Gasteiger partial charge in [0.15, 0.2) is 0 Å². The fourth-order valence-electron chi connectivity index (χ4n) is 2.29. The summed E-state index contributed by atoms with van der Waals surface area (Å²) in [5, 5.41) is 12.6. The molecule has 0 bridgehead atoms. The summed E-state index contributed by atoms with van der Waals surface area (Å²) in [6.07, 6.45) is 0.918. The van der Waals surface area contributed by atoms with Crippen LogP contribution in [0.4, 0.5) is 10.5 Å². The number of benzene rings is 1. The van der Waals surface area contributed by atoms with Gasteiger partial charge in [0.1, 0.15) is 0 Å². The van der Waals surface area contributed by atoms with E-state index in [9.17, 15) is 9.90 Å². The van der Waals surface area contributed by atoms with Crippen molar-refractivity contribution in [2.75, 3.05) is 18.5 Å². The highest BCUT2D eigenvalue weighted by Gasteiger charge is 2.33. The van der Waals surface area contributed by atoms with E-state index >= 15 is 0 Å². The zero-order valence-electron chi connectivity index (χ0n) is 10.3. The van der Waals surface area contributed by atoms with Gasteiger partial charge in [-0.25, -0.2) is 4.79 Å². The van der Waals surface area contributed by atoms with Crippen LogP contribution in [0.2, 0.25) is 5.02 Å². The third kappa shape index (κ3) is 2.60. The number of anilines is 1. The Morgan fingerprint density at radius 2 is 2.28 bits per heavy atom. The van der Waals surface area contributed by atoms with Crippen molar-refractivity contribution in [2.45, 2.75) is 19.4 Å². The monoisotopic (exact) mass is 268 g/mol. The first-order chi connectivity index (χ1) is 8.63. The summed E-state index contributed by atoms with van der Waals surface area (Å²) in [6.45, 7) is 2.71. The molecule has 4 nitrogen and oxygen atoms in total. The van der Waals surface area contributed by atoms with Crippen molar-refractivity contribution >= 4 is 23.3 Å². The predicted molar refractivity (Wildman–Crippen MR) is 71.8 cm³/mol. The molecule has 2 amide bonds. The molecule has 1 heterocycles. The van der Waals surface area contributed by atoms with Gasteiger partial charge in [-0.2, -0.15) is 0 Å². The normalized spacial score (nSPS) is 23.2. The van der Waals surface area contributed by atoms with E-state index in [-0.39, 0.29) is 18.7 Å². The topological polar surface area (TPSA) is 52.6 Å².